The topological polar surface area (TPSA) is 82.2 Å². The summed E-state index contributed by atoms with van der Waals surface area (Å²) in [5.41, 5.74) is 1.42. The SMILES string of the molecule is O=C(NCCc1nnc2n1CCCCC2)c1oc2ccccc2c1COc1ccccc1. The Bertz CT molecular complexity index is 1210. The average molecular weight is 431 g/mol. The summed E-state index contributed by atoms with van der Waals surface area (Å²) < 4.78 is 14.1. The van der Waals surface area contributed by atoms with Gasteiger partial charge < -0.3 is 19.0 Å². The van der Waals surface area contributed by atoms with E-state index in [-0.39, 0.29) is 12.5 Å². The van der Waals surface area contributed by atoms with E-state index in [1.807, 2.05) is 54.6 Å². The third-order valence-corrected chi connectivity index (χ3v) is 5.85. The molecule has 5 rings (SSSR count). The van der Waals surface area contributed by atoms with E-state index in [0.717, 1.165) is 54.2 Å². The number of carbonyl (C=O) groups excluding carboxylic acids is 1. The van der Waals surface area contributed by atoms with Crippen LogP contribution < -0.4 is 10.1 Å². The Hall–Kier alpha value is -3.61. The Morgan fingerprint density at radius 3 is 2.78 bits per heavy atom. The van der Waals surface area contributed by atoms with Gasteiger partial charge >= 0.3 is 0 Å². The fraction of sp³-hybridized carbons (Fsp3) is 0.320. The zero-order valence-electron chi connectivity index (χ0n) is 17.9. The molecule has 2 aromatic heterocycles. The molecule has 0 spiro atoms. The summed E-state index contributed by atoms with van der Waals surface area (Å²) in [5.74, 6) is 2.78. The molecule has 1 amide bonds. The van der Waals surface area contributed by atoms with Crippen molar-refractivity contribution >= 4 is 16.9 Å². The summed E-state index contributed by atoms with van der Waals surface area (Å²) in [5, 5.41) is 12.6. The summed E-state index contributed by atoms with van der Waals surface area (Å²) in [6.07, 6.45) is 5.14. The van der Waals surface area contributed by atoms with Gasteiger partial charge in [-0.05, 0) is 31.0 Å². The minimum Gasteiger partial charge on any atom is -0.489 e. The van der Waals surface area contributed by atoms with Crippen LogP contribution in [0.4, 0.5) is 0 Å². The molecule has 1 aliphatic rings. The Labute approximate surface area is 186 Å². The molecule has 164 valence electrons. The van der Waals surface area contributed by atoms with Gasteiger partial charge in [-0.2, -0.15) is 0 Å². The number of nitrogens with one attached hydrogen (secondary N) is 1. The van der Waals surface area contributed by atoms with E-state index in [1.165, 1.54) is 6.42 Å². The molecule has 1 aliphatic heterocycles. The van der Waals surface area contributed by atoms with E-state index in [4.69, 9.17) is 9.15 Å². The van der Waals surface area contributed by atoms with Crippen molar-refractivity contribution < 1.29 is 13.9 Å². The number of hydrogen-bond donors (Lipinski definition) is 1. The van der Waals surface area contributed by atoms with Crippen LogP contribution in [0.2, 0.25) is 0 Å². The number of nitrogens with zero attached hydrogens (tertiary/aromatic N) is 3. The van der Waals surface area contributed by atoms with Crippen molar-refractivity contribution in [1.82, 2.24) is 20.1 Å². The number of para-hydroxylation sites is 2. The zero-order chi connectivity index (χ0) is 21.8. The molecule has 32 heavy (non-hydrogen) atoms. The molecular formula is C25H26N4O3. The molecule has 0 saturated heterocycles. The highest BCUT2D eigenvalue weighted by Gasteiger charge is 2.21. The van der Waals surface area contributed by atoms with E-state index >= 15 is 0 Å². The highest BCUT2D eigenvalue weighted by molar-refractivity contribution is 5.99. The Morgan fingerprint density at radius 2 is 1.88 bits per heavy atom. The summed E-state index contributed by atoms with van der Waals surface area (Å²) in [4.78, 5) is 13.0. The van der Waals surface area contributed by atoms with Crippen molar-refractivity contribution in [2.75, 3.05) is 6.54 Å². The first-order valence-electron chi connectivity index (χ1n) is 11.2. The van der Waals surface area contributed by atoms with Crippen molar-refractivity contribution in [2.24, 2.45) is 0 Å². The highest BCUT2D eigenvalue weighted by atomic mass is 16.5. The number of hydrogen-bond acceptors (Lipinski definition) is 5. The summed E-state index contributed by atoms with van der Waals surface area (Å²) >= 11 is 0. The van der Waals surface area contributed by atoms with Gasteiger partial charge in [0.2, 0.25) is 0 Å². The van der Waals surface area contributed by atoms with Gasteiger partial charge in [-0.15, -0.1) is 10.2 Å². The molecule has 0 aliphatic carbocycles. The number of benzene rings is 2. The van der Waals surface area contributed by atoms with Crippen molar-refractivity contribution in [3.8, 4) is 5.75 Å². The average Bonchev–Trinajstić information content (AvgIpc) is 3.30. The van der Waals surface area contributed by atoms with E-state index in [1.54, 1.807) is 0 Å². The van der Waals surface area contributed by atoms with Gasteiger partial charge in [0.15, 0.2) is 5.76 Å². The van der Waals surface area contributed by atoms with Gasteiger partial charge in [0.25, 0.3) is 5.91 Å². The van der Waals surface area contributed by atoms with Gasteiger partial charge in [0.05, 0.1) is 0 Å². The van der Waals surface area contributed by atoms with Gasteiger partial charge in [-0.1, -0.05) is 42.8 Å². The molecule has 0 unspecified atom stereocenters. The molecule has 7 heteroatoms. The monoisotopic (exact) mass is 430 g/mol. The molecule has 0 atom stereocenters. The van der Waals surface area contributed by atoms with Crippen molar-refractivity contribution in [3.63, 3.8) is 0 Å². The van der Waals surface area contributed by atoms with Crippen molar-refractivity contribution in [3.05, 3.63) is 77.6 Å². The van der Waals surface area contributed by atoms with E-state index < -0.39 is 0 Å². The second-order valence-corrected chi connectivity index (χ2v) is 8.01. The molecule has 3 heterocycles. The maximum absolute atomic E-state index is 13.0. The number of aromatic nitrogens is 3. The largest absolute Gasteiger partial charge is 0.489 e. The lowest BCUT2D eigenvalue weighted by Gasteiger charge is -2.09. The standard InChI is InChI=1S/C25H26N4O3/c30-25(26-15-14-23-28-27-22-13-5-2-8-16-29(22)23)24-20(17-31-18-9-3-1-4-10-18)19-11-6-7-12-21(19)32-24/h1,3-4,6-7,9-12H,2,5,8,13-17H2,(H,26,30). The molecule has 0 bridgehead atoms. The normalized spacial score (nSPS) is 13.5. The number of amides is 1. The fourth-order valence-corrected chi connectivity index (χ4v) is 4.20. The van der Waals surface area contributed by atoms with Gasteiger partial charge in [0, 0.05) is 36.9 Å². The summed E-state index contributed by atoms with van der Waals surface area (Å²) in [6.45, 7) is 1.67. The van der Waals surface area contributed by atoms with Crippen LogP contribution in [0.3, 0.4) is 0 Å². The molecule has 2 aromatic carbocycles. The minimum atomic E-state index is -0.247. The van der Waals surface area contributed by atoms with E-state index in [0.29, 0.717) is 24.3 Å². The molecular weight excluding hydrogens is 404 g/mol. The van der Waals surface area contributed by atoms with Gasteiger partial charge in [-0.25, -0.2) is 0 Å². The van der Waals surface area contributed by atoms with Crippen LogP contribution in [-0.4, -0.2) is 27.2 Å². The Balaban J connectivity index is 1.29. The minimum absolute atomic E-state index is 0.247. The van der Waals surface area contributed by atoms with Crippen LogP contribution in [-0.2, 0) is 26.0 Å². The first-order chi connectivity index (χ1) is 15.8. The van der Waals surface area contributed by atoms with Crippen molar-refractivity contribution in [1.29, 1.82) is 0 Å². The summed E-state index contributed by atoms with van der Waals surface area (Å²) in [7, 11) is 0. The van der Waals surface area contributed by atoms with Gasteiger partial charge in [-0.3, -0.25) is 4.79 Å². The number of ether oxygens (including phenoxy) is 1. The maximum atomic E-state index is 13.0. The van der Waals surface area contributed by atoms with E-state index in [2.05, 4.69) is 20.1 Å². The molecule has 0 radical (unpaired) electrons. The lowest BCUT2D eigenvalue weighted by molar-refractivity contribution is 0.0925. The Morgan fingerprint density at radius 1 is 1.03 bits per heavy atom. The van der Waals surface area contributed by atoms with Crippen LogP contribution in [0.5, 0.6) is 5.75 Å². The number of carbonyl (C=O) groups is 1. The number of furan rings is 1. The van der Waals surface area contributed by atoms with Gasteiger partial charge in [0.1, 0.15) is 29.6 Å². The quantitative estimate of drug-likeness (QED) is 0.473. The zero-order valence-corrected chi connectivity index (χ0v) is 17.9. The van der Waals surface area contributed by atoms with Crippen LogP contribution >= 0.6 is 0 Å². The molecule has 0 fully saturated rings. The molecule has 7 nitrogen and oxygen atoms in total. The number of rotatable bonds is 7. The summed E-state index contributed by atoms with van der Waals surface area (Å²) in [6, 6.07) is 17.2. The number of aryl methyl sites for hydroxylation is 1. The Kier molecular flexibility index (Phi) is 5.87. The lowest BCUT2D eigenvalue weighted by atomic mass is 10.1. The second kappa shape index (κ2) is 9.26. The van der Waals surface area contributed by atoms with E-state index in [9.17, 15) is 4.79 Å². The maximum Gasteiger partial charge on any atom is 0.287 e. The first kappa shape index (κ1) is 20.3. The highest BCUT2D eigenvalue weighted by Crippen LogP contribution is 2.27. The van der Waals surface area contributed by atoms with Crippen LogP contribution in [0.25, 0.3) is 11.0 Å². The molecule has 0 saturated carbocycles. The van der Waals surface area contributed by atoms with Crippen molar-refractivity contribution in [2.45, 2.75) is 45.3 Å². The predicted molar refractivity (Wildman–Crippen MR) is 121 cm³/mol. The predicted octanol–water partition coefficient (Wildman–Crippen LogP) is 4.30. The number of fused-ring (bicyclic) bond motifs is 2. The molecule has 1 N–H and O–H groups in total. The first-order valence-corrected chi connectivity index (χ1v) is 11.2. The molecule has 4 aromatic rings. The third kappa shape index (κ3) is 4.23. The van der Waals surface area contributed by atoms with Crippen LogP contribution in [0.1, 0.15) is 47.0 Å². The van der Waals surface area contributed by atoms with Crippen LogP contribution in [0, 0.1) is 0 Å². The fourth-order valence-electron chi connectivity index (χ4n) is 4.20. The second-order valence-electron chi connectivity index (χ2n) is 8.01. The lowest BCUT2D eigenvalue weighted by Crippen LogP contribution is -2.27. The van der Waals surface area contributed by atoms with Crippen LogP contribution in [0.15, 0.2) is 59.0 Å². The third-order valence-electron chi connectivity index (χ3n) is 5.85. The smallest absolute Gasteiger partial charge is 0.287 e.